The molecule has 0 saturated heterocycles. The van der Waals surface area contributed by atoms with Crippen LogP contribution in [-0.4, -0.2) is 15.0 Å². The Morgan fingerprint density at radius 2 is 2.05 bits per heavy atom. The van der Waals surface area contributed by atoms with Crippen LogP contribution < -0.4 is 10.0 Å². The summed E-state index contributed by atoms with van der Waals surface area (Å²) in [6, 6.07) is 6.83. The largest absolute Gasteiger partial charge is 0.312 e. The van der Waals surface area contributed by atoms with Crippen LogP contribution in [0.15, 0.2) is 34.5 Å². The van der Waals surface area contributed by atoms with E-state index in [-0.39, 0.29) is 0 Å². The lowest BCUT2D eigenvalue weighted by Crippen LogP contribution is -2.17. The predicted molar refractivity (Wildman–Crippen MR) is 88.7 cm³/mol. The maximum Gasteiger partial charge on any atom is 0.263 e. The zero-order valence-electron chi connectivity index (χ0n) is 11.8. The lowest BCUT2D eigenvalue weighted by atomic mass is 10.2. The second-order valence-electron chi connectivity index (χ2n) is 4.58. The molecule has 0 fully saturated rings. The van der Waals surface area contributed by atoms with Crippen molar-refractivity contribution in [3.8, 4) is 0 Å². The fraction of sp³-hybridized carbons (Fsp3) is 0.286. The van der Waals surface area contributed by atoms with Crippen LogP contribution in [0.3, 0.4) is 0 Å². The summed E-state index contributed by atoms with van der Waals surface area (Å²) >= 11 is 7.50. The number of aryl methyl sites for hydroxylation is 1. The van der Waals surface area contributed by atoms with Gasteiger partial charge in [-0.3, -0.25) is 4.72 Å². The van der Waals surface area contributed by atoms with Crippen LogP contribution in [0.25, 0.3) is 0 Å². The number of anilines is 1. The standard InChI is InChI=1S/C14H17ClN2O2S2/c1-3-16-9-13-14(6-7-20-13)21(18,19)17-12-5-4-10(2)8-11(12)15/h4-8,16-17H,3,9H2,1-2H3. The smallest absolute Gasteiger partial charge is 0.263 e. The highest BCUT2D eigenvalue weighted by atomic mass is 35.5. The molecule has 0 saturated carbocycles. The van der Waals surface area contributed by atoms with Crippen LogP contribution in [0, 0.1) is 6.92 Å². The first-order valence-electron chi connectivity index (χ1n) is 6.50. The molecule has 0 atom stereocenters. The number of hydrogen-bond acceptors (Lipinski definition) is 4. The van der Waals surface area contributed by atoms with Gasteiger partial charge in [-0.1, -0.05) is 24.6 Å². The first-order valence-corrected chi connectivity index (χ1v) is 9.24. The molecule has 0 spiro atoms. The van der Waals surface area contributed by atoms with Crippen molar-refractivity contribution in [3.05, 3.63) is 45.1 Å². The second kappa shape index (κ2) is 6.79. The van der Waals surface area contributed by atoms with Crippen molar-refractivity contribution in [2.24, 2.45) is 0 Å². The van der Waals surface area contributed by atoms with Crippen molar-refractivity contribution in [1.82, 2.24) is 5.32 Å². The number of hydrogen-bond donors (Lipinski definition) is 2. The van der Waals surface area contributed by atoms with Gasteiger partial charge < -0.3 is 5.32 Å². The van der Waals surface area contributed by atoms with Crippen molar-refractivity contribution < 1.29 is 8.42 Å². The monoisotopic (exact) mass is 344 g/mol. The molecule has 2 rings (SSSR count). The molecule has 1 aromatic carbocycles. The molecular formula is C14H17ClN2O2S2. The molecule has 114 valence electrons. The summed E-state index contributed by atoms with van der Waals surface area (Å²) in [6.07, 6.45) is 0. The van der Waals surface area contributed by atoms with E-state index in [9.17, 15) is 8.42 Å². The van der Waals surface area contributed by atoms with E-state index in [1.807, 2.05) is 19.9 Å². The van der Waals surface area contributed by atoms with Gasteiger partial charge in [0.15, 0.2) is 0 Å². The number of thiophene rings is 1. The normalized spacial score (nSPS) is 11.6. The van der Waals surface area contributed by atoms with E-state index in [1.54, 1.807) is 23.6 Å². The molecule has 2 aromatic rings. The summed E-state index contributed by atoms with van der Waals surface area (Å²) in [4.78, 5) is 1.08. The summed E-state index contributed by atoms with van der Waals surface area (Å²) < 4.78 is 27.5. The summed E-state index contributed by atoms with van der Waals surface area (Å²) in [6.45, 7) is 5.20. The highest BCUT2D eigenvalue weighted by Crippen LogP contribution is 2.28. The maximum absolute atomic E-state index is 12.5. The molecule has 0 aliphatic heterocycles. The molecule has 0 aliphatic rings. The number of halogens is 1. The zero-order valence-corrected chi connectivity index (χ0v) is 14.2. The summed E-state index contributed by atoms with van der Waals surface area (Å²) in [7, 11) is -3.63. The Labute approximate surface area is 134 Å². The van der Waals surface area contributed by atoms with E-state index < -0.39 is 10.0 Å². The molecule has 4 nitrogen and oxygen atoms in total. The summed E-state index contributed by atoms with van der Waals surface area (Å²) in [5.41, 5.74) is 1.37. The molecule has 0 radical (unpaired) electrons. The Morgan fingerprint density at radius 1 is 1.29 bits per heavy atom. The minimum atomic E-state index is -3.63. The van der Waals surface area contributed by atoms with Gasteiger partial charge in [0, 0.05) is 11.4 Å². The van der Waals surface area contributed by atoms with Gasteiger partial charge in [0.25, 0.3) is 10.0 Å². The molecule has 0 unspecified atom stereocenters. The Bertz CT molecular complexity index is 726. The third kappa shape index (κ3) is 3.97. The second-order valence-corrected chi connectivity index (χ2v) is 7.64. The van der Waals surface area contributed by atoms with Gasteiger partial charge in [-0.2, -0.15) is 0 Å². The van der Waals surface area contributed by atoms with Crippen LogP contribution in [0.2, 0.25) is 5.02 Å². The Kier molecular flexibility index (Phi) is 5.27. The minimum absolute atomic E-state index is 0.296. The molecule has 0 bridgehead atoms. The van der Waals surface area contributed by atoms with Gasteiger partial charge in [-0.25, -0.2) is 8.42 Å². The highest BCUT2D eigenvalue weighted by molar-refractivity contribution is 7.93. The Hall–Kier alpha value is -1.08. The van der Waals surface area contributed by atoms with Crippen molar-refractivity contribution >= 4 is 38.6 Å². The van der Waals surface area contributed by atoms with E-state index >= 15 is 0 Å². The number of benzene rings is 1. The number of nitrogens with one attached hydrogen (secondary N) is 2. The lowest BCUT2D eigenvalue weighted by Gasteiger charge is -2.11. The van der Waals surface area contributed by atoms with Crippen molar-refractivity contribution in [2.45, 2.75) is 25.3 Å². The maximum atomic E-state index is 12.5. The summed E-state index contributed by atoms with van der Waals surface area (Å²) in [5, 5.41) is 5.30. The van der Waals surface area contributed by atoms with Gasteiger partial charge in [-0.15, -0.1) is 11.3 Å². The van der Waals surface area contributed by atoms with Crippen molar-refractivity contribution in [1.29, 1.82) is 0 Å². The van der Waals surface area contributed by atoms with Crippen LogP contribution in [0.1, 0.15) is 17.4 Å². The molecule has 1 aromatic heterocycles. The number of sulfonamides is 1. The topological polar surface area (TPSA) is 58.2 Å². The number of rotatable bonds is 6. The van der Waals surface area contributed by atoms with Gasteiger partial charge in [0.1, 0.15) is 4.90 Å². The molecule has 0 amide bonds. The quantitative estimate of drug-likeness (QED) is 0.841. The first-order chi connectivity index (χ1) is 9.94. The summed E-state index contributed by atoms with van der Waals surface area (Å²) in [5.74, 6) is 0. The van der Waals surface area contributed by atoms with E-state index in [4.69, 9.17) is 11.6 Å². The van der Waals surface area contributed by atoms with Gasteiger partial charge in [-0.05, 0) is 42.6 Å². The first kappa shape index (κ1) is 16.3. The van der Waals surface area contributed by atoms with Crippen LogP contribution >= 0.6 is 22.9 Å². The third-order valence-corrected chi connectivity index (χ3v) is 5.71. The van der Waals surface area contributed by atoms with Crippen molar-refractivity contribution in [2.75, 3.05) is 11.3 Å². The molecule has 2 N–H and O–H groups in total. The van der Waals surface area contributed by atoms with E-state index in [2.05, 4.69) is 10.0 Å². The molecule has 0 aliphatic carbocycles. The average molecular weight is 345 g/mol. The van der Waals surface area contributed by atoms with E-state index in [1.165, 1.54) is 11.3 Å². The van der Waals surface area contributed by atoms with Gasteiger partial charge >= 0.3 is 0 Å². The predicted octanol–water partition coefficient (Wildman–Crippen LogP) is 3.62. The highest BCUT2D eigenvalue weighted by Gasteiger charge is 2.20. The average Bonchev–Trinajstić information content (AvgIpc) is 2.89. The Morgan fingerprint density at radius 3 is 2.71 bits per heavy atom. The van der Waals surface area contributed by atoms with Crippen molar-refractivity contribution in [3.63, 3.8) is 0 Å². The van der Waals surface area contributed by atoms with E-state index in [0.29, 0.717) is 22.2 Å². The third-order valence-electron chi connectivity index (χ3n) is 2.90. The van der Waals surface area contributed by atoms with Gasteiger partial charge in [0.2, 0.25) is 0 Å². The molecule has 21 heavy (non-hydrogen) atoms. The minimum Gasteiger partial charge on any atom is -0.312 e. The Balaban J connectivity index is 2.28. The SMILES string of the molecule is CCNCc1sccc1S(=O)(=O)Nc1ccc(C)cc1Cl. The van der Waals surface area contributed by atoms with Crippen LogP contribution in [-0.2, 0) is 16.6 Å². The fourth-order valence-corrected chi connectivity index (χ4v) is 4.67. The van der Waals surface area contributed by atoms with Crippen LogP contribution in [0.5, 0.6) is 0 Å². The fourth-order valence-electron chi connectivity index (χ4n) is 1.84. The van der Waals surface area contributed by atoms with Gasteiger partial charge in [0.05, 0.1) is 10.7 Å². The zero-order chi connectivity index (χ0) is 15.5. The molecule has 7 heteroatoms. The molecule has 1 heterocycles. The lowest BCUT2D eigenvalue weighted by molar-refractivity contribution is 0.599. The molecular weight excluding hydrogens is 328 g/mol. The van der Waals surface area contributed by atoms with E-state index in [0.717, 1.165) is 17.0 Å². The van der Waals surface area contributed by atoms with Crippen LogP contribution in [0.4, 0.5) is 5.69 Å².